The van der Waals surface area contributed by atoms with Crippen molar-refractivity contribution >= 4 is 45.6 Å². The number of rotatable bonds is 3. The highest BCUT2D eigenvalue weighted by Crippen LogP contribution is 2.31. The normalized spacial score (nSPS) is 14.1. The Morgan fingerprint density at radius 1 is 0.632 bits per heavy atom. The molecule has 0 saturated carbocycles. The van der Waals surface area contributed by atoms with E-state index in [1.807, 2.05) is 0 Å². The molecule has 1 N–H and O–H groups in total. The van der Waals surface area contributed by atoms with Crippen molar-refractivity contribution < 1.29 is 0 Å². The Kier molecular flexibility index (Phi) is 4.68. The maximum Gasteiger partial charge on any atom is 0.0503 e. The number of aromatic nitrogens is 2. The van der Waals surface area contributed by atoms with Crippen molar-refractivity contribution in [2.45, 2.75) is 12.8 Å². The SMILES string of the molecule is C1=Cc2c3c(n(-c4cccc(-c5ccccc5)c4)c2=CC1)=CC=C(c1ccc2[nH]c4ccccc4c2c1)C3. The Balaban J connectivity index is 1.29. The Labute approximate surface area is 221 Å². The highest BCUT2D eigenvalue weighted by molar-refractivity contribution is 6.08. The molecule has 8 rings (SSSR count). The first-order valence-electron chi connectivity index (χ1n) is 13.3. The topological polar surface area (TPSA) is 20.7 Å². The van der Waals surface area contributed by atoms with Gasteiger partial charge in [0.1, 0.15) is 0 Å². The van der Waals surface area contributed by atoms with Crippen LogP contribution in [-0.4, -0.2) is 9.55 Å². The number of hydrogen-bond donors (Lipinski definition) is 1. The van der Waals surface area contributed by atoms with Crippen LogP contribution >= 0.6 is 0 Å². The second kappa shape index (κ2) is 8.36. The number of benzene rings is 4. The third-order valence-corrected chi connectivity index (χ3v) is 8.02. The van der Waals surface area contributed by atoms with Gasteiger partial charge in [0, 0.05) is 39.5 Å². The van der Waals surface area contributed by atoms with Crippen molar-refractivity contribution in [2.75, 3.05) is 0 Å². The molecule has 2 nitrogen and oxygen atoms in total. The summed E-state index contributed by atoms with van der Waals surface area (Å²) in [6.07, 6.45) is 13.5. The first-order valence-corrected chi connectivity index (χ1v) is 13.3. The molecule has 38 heavy (non-hydrogen) atoms. The second-order valence-electron chi connectivity index (χ2n) is 10.2. The van der Waals surface area contributed by atoms with Crippen LogP contribution in [0.3, 0.4) is 0 Å². The first-order chi connectivity index (χ1) is 18.8. The number of fused-ring (bicyclic) bond motifs is 6. The average molecular weight is 487 g/mol. The van der Waals surface area contributed by atoms with Crippen molar-refractivity contribution in [1.29, 1.82) is 0 Å². The number of H-pyrrole nitrogens is 1. The molecule has 2 aliphatic rings. The fourth-order valence-electron chi connectivity index (χ4n) is 6.20. The zero-order chi connectivity index (χ0) is 25.1. The molecule has 0 radical (unpaired) electrons. The summed E-state index contributed by atoms with van der Waals surface area (Å²) in [4.78, 5) is 3.56. The van der Waals surface area contributed by atoms with Gasteiger partial charge in [-0.2, -0.15) is 0 Å². The number of allylic oxidation sites excluding steroid dienone is 3. The number of nitrogens with one attached hydrogen (secondary N) is 1. The molecule has 0 amide bonds. The van der Waals surface area contributed by atoms with Gasteiger partial charge in [-0.05, 0) is 70.7 Å². The van der Waals surface area contributed by atoms with Gasteiger partial charge >= 0.3 is 0 Å². The van der Waals surface area contributed by atoms with Crippen molar-refractivity contribution in [3.05, 3.63) is 137 Å². The van der Waals surface area contributed by atoms with Crippen molar-refractivity contribution in [2.24, 2.45) is 0 Å². The van der Waals surface area contributed by atoms with Gasteiger partial charge in [-0.3, -0.25) is 0 Å². The van der Waals surface area contributed by atoms with E-state index >= 15 is 0 Å². The third kappa shape index (κ3) is 3.27. The zero-order valence-electron chi connectivity index (χ0n) is 21.0. The predicted molar refractivity (Wildman–Crippen MR) is 161 cm³/mol. The summed E-state index contributed by atoms with van der Waals surface area (Å²) in [7, 11) is 0. The lowest BCUT2D eigenvalue weighted by Gasteiger charge is -2.13. The lowest BCUT2D eigenvalue weighted by molar-refractivity contribution is 0.978. The maximum atomic E-state index is 3.56. The molecule has 2 heteroatoms. The summed E-state index contributed by atoms with van der Waals surface area (Å²) in [6, 6.07) is 35.0. The van der Waals surface area contributed by atoms with Gasteiger partial charge in [-0.1, -0.05) is 91.0 Å². The smallest absolute Gasteiger partial charge is 0.0503 e. The molecule has 4 aromatic carbocycles. The lowest BCUT2D eigenvalue weighted by atomic mass is 9.92. The minimum Gasteiger partial charge on any atom is -0.355 e. The minimum atomic E-state index is 0.922. The highest BCUT2D eigenvalue weighted by atomic mass is 15.0. The minimum absolute atomic E-state index is 0.922. The Morgan fingerprint density at radius 2 is 1.47 bits per heavy atom. The average Bonchev–Trinajstić information content (AvgIpc) is 3.53. The van der Waals surface area contributed by atoms with Gasteiger partial charge in [0.25, 0.3) is 0 Å². The van der Waals surface area contributed by atoms with Crippen molar-refractivity contribution in [3.63, 3.8) is 0 Å². The van der Waals surface area contributed by atoms with Crippen LogP contribution in [0.2, 0.25) is 0 Å². The van der Waals surface area contributed by atoms with Gasteiger partial charge in [0.15, 0.2) is 0 Å². The van der Waals surface area contributed by atoms with Crippen LogP contribution in [0, 0.1) is 0 Å². The Morgan fingerprint density at radius 3 is 2.42 bits per heavy atom. The standard InChI is InChI=1S/C36H26N2/c1-2-9-24(10-3-1)25-11-8-12-28(21-25)38-35-16-7-5-14-30(35)32-23-27(18-20-36(32)38)26-17-19-34-31(22-26)29-13-4-6-15-33(29)37-34/h1-6,8-22,37H,7,23H2. The van der Waals surface area contributed by atoms with Gasteiger partial charge < -0.3 is 9.55 Å². The van der Waals surface area contributed by atoms with Crippen LogP contribution in [0.5, 0.6) is 0 Å². The number of hydrogen-bond acceptors (Lipinski definition) is 0. The largest absolute Gasteiger partial charge is 0.355 e. The predicted octanol–water partition coefficient (Wildman–Crippen LogP) is 7.40. The van der Waals surface area contributed by atoms with Crippen molar-refractivity contribution in [1.82, 2.24) is 9.55 Å². The van der Waals surface area contributed by atoms with E-state index in [-0.39, 0.29) is 0 Å². The molecule has 2 aliphatic carbocycles. The molecule has 0 saturated heterocycles. The van der Waals surface area contributed by atoms with E-state index in [0.29, 0.717) is 0 Å². The summed E-state index contributed by atoms with van der Waals surface area (Å²) < 4.78 is 2.46. The van der Waals surface area contributed by atoms with Crippen LogP contribution in [0.25, 0.3) is 62.4 Å². The molecule has 180 valence electrons. The van der Waals surface area contributed by atoms with Gasteiger partial charge in [0.2, 0.25) is 0 Å². The fraction of sp³-hybridized carbons (Fsp3) is 0.0556. The molecule has 0 unspecified atom stereocenters. The third-order valence-electron chi connectivity index (χ3n) is 8.02. The van der Waals surface area contributed by atoms with E-state index in [1.165, 1.54) is 71.6 Å². The summed E-state index contributed by atoms with van der Waals surface area (Å²) in [5.41, 5.74) is 11.5. The Hall–Kier alpha value is -4.82. The quantitative estimate of drug-likeness (QED) is 0.269. The molecule has 6 aromatic rings. The molecule has 0 aliphatic heterocycles. The van der Waals surface area contributed by atoms with E-state index in [0.717, 1.165) is 12.8 Å². The first kappa shape index (κ1) is 21.3. The van der Waals surface area contributed by atoms with Crippen LogP contribution in [-0.2, 0) is 6.42 Å². The molecule has 0 fully saturated rings. The van der Waals surface area contributed by atoms with Crippen molar-refractivity contribution in [3.8, 4) is 16.8 Å². The number of para-hydroxylation sites is 1. The van der Waals surface area contributed by atoms with Crippen LogP contribution in [0.15, 0.2) is 109 Å². The summed E-state index contributed by atoms with van der Waals surface area (Å²) >= 11 is 0. The molecular formula is C36H26N2. The maximum absolute atomic E-state index is 3.56. The van der Waals surface area contributed by atoms with E-state index in [4.69, 9.17) is 0 Å². The molecule has 2 aromatic heterocycles. The van der Waals surface area contributed by atoms with Gasteiger partial charge in [-0.25, -0.2) is 0 Å². The molecule has 0 bridgehead atoms. The van der Waals surface area contributed by atoms with E-state index in [2.05, 4.69) is 137 Å². The molecular weight excluding hydrogens is 460 g/mol. The summed E-state index contributed by atoms with van der Waals surface area (Å²) in [5.74, 6) is 0. The summed E-state index contributed by atoms with van der Waals surface area (Å²) in [5, 5.41) is 5.17. The van der Waals surface area contributed by atoms with Crippen LogP contribution in [0.4, 0.5) is 0 Å². The lowest BCUT2D eigenvalue weighted by Crippen LogP contribution is -2.27. The summed E-state index contributed by atoms with van der Waals surface area (Å²) in [6.45, 7) is 0. The zero-order valence-corrected chi connectivity index (χ0v) is 21.0. The van der Waals surface area contributed by atoms with Crippen LogP contribution in [0.1, 0.15) is 23.1 Å². The molecule has 0 spiro atoms. The van der Waals surface area contributed by atoms with E-state index < -0.39 is 0 Å². The molecule has 2 heterocycles. The highest BCUT2D eigenvalue weighted by Gasteiger charge is 2.20. The second-order valence-corrected chi connectivity index (χ2v) is 10.2. The molecule has 0 atom stereocenters. The monoisotopic (exact) mass is 486 g/mol. The van der Waals surface area contributed by atoms with Gasteiger partial charge in [-0.15, -0.1) is 0 Å². The Bertz CT molecular complexity index is 2060. The number of aromatic amines is 1. The van der Waals surface area contributed by atoms with E-state index in [9.17, 15) is 0 Å². The number of nitrogens with zero attached hydrogens (tertiary/aromatic N) is 1. The van der Waals surface area contributed by atoms with Crippen LogP contribution < -0.4 is 10.7 Å². The fourth-order valence-corrected chi connectivity index (χ4v) is 6.20. The van der Waals surface area contributed by atoms with Gasteiger partial charge in [0.05, 0.1) is 10.7 Å². The van der Waals surface area contributed by atoms with E-state index in [1.54, 1.807) is 0 Å².